The van der Waals surface area contributed by atoms with E-state index in [0.29, 0.717) is 12.6 Å². The molecule has 0 aliphatic carbocycles. The number of hydrogen-bond acceptors (Lipinski definition) is 3. The van der Waals surface area contributed by atoms with Gasteiger partial charge in [0.2, 0.25) is 5.91 Å². The van der Waals surface area contributed by atoms with Gasteiger partial charge in [0, 0.05) is 18.5 Å². The van der Waals surface area contributed by atoms with Crippen LogP contribution in [0.2, 0.25) is 0 Å². The van der Waals surface area contributed by atoms with Crippen LogP contribution in [0.4, 0.5) is 0 Å². The molecule has 3 atom stereocenters. The first kappa shape index (κ1) is 11.5. The van der Waals surface area contributed by atoms with Gasteiger partial charge in [-0.2, -0.15) is 0 Å². The number of carbonyl (C=O) groups excluding carboxylic acids is 1. The molecular formula is C10H20N2O2. The van der Waals surface area contributed by atoms with E-state index >= 15 is 0 Å². The van der Waals surface area contributed by atoms with E-state index in [-0.39, 0.29) is 11.8 Å². The molecule has 82 valence electrons. The summed E-state index contributed by atoms with van der Waals surface area (Å²) in [6, 6.07) is 0.422. The van der Waals surface area contributed by atoms with Crippen molar-refractivity contribution in [3.63, 3.8) is 0 Å². The predicted octanol–water partition coefficient (Wildman–Crippen LogP) is -0.128. The average molecular weight is 200 g/mol. The lowest BCUT2D eigenvalue weighted by Crippen LogP contribution is -2.43. The zero-order valence-corrected chi connectivity index (χ0v) is 8.92. The Hall–Kier alpha value is -0.610. The van der Waals surface area contributed by atoms with Crippen molar-refractivity contribution >= 4 is 5.91 Å². The molecule has 1 amide bonds. The largest absolute Gasteiger partial charge is 0.392 e. The third-order valence-electron chi connectivity index (χ3n) is 2.57. The molecule has 1 aliphatic heterocycles. The van der Waals surface area contributed by atoms with E-state index < -0.39 is 6.10 Å². The molecule has 1 aliphatic rings. The van der Waals surface area contributed by atoms with Gasteiger partial charge in [0.15, 0.2) is 0 Å². The van der Waals surface area contributed by atoms with E-state index in [9.17, 15) is 4.79 Å². The van der Waals surface area contributed by atoms with Gasteiger partial charge >= 0.3 is 0 Å². The van der Waals surface area contributed by atoms with Crippen LogP contribution >= 0.6 is 0 Å². The SMILES string of the molecule is CC(O)CNC(=O)C1CCNC(C)C1. The Kier molecular flexibility index (Phi) is 4.35. The van der Waals surface area contributed by atoms with Crippen LogP contribution in [0.3, 0.4) is 0 Å². The average Bonchev–Trinajstić information content (AvgIpc) is 2.14. The van der Waals surface area contributed by atoms with E-state index in [1.807, 2.05) is 0 Å². The minimum Gasteiger partial charge on any atom is -0.392 e. The topological polar surface area (TPSA) is 61.4 Å². The molecule has 14 heavy (non-hydrogen) atoms. The number of rotatable bonds is 3. The summed E-state index contributed by atoms with van der Waals surface area (Å²) in [4.78, 5) is 11.6. The van der Waals surface area contributed by atoms with Gasteiger partial charge in [-0.1, -0.05) is 0 Å². The van der Waals surface area contributed by atoms with Crippen molar-refractivity contribution in [2.24, 2.45) is 5.92 Å². The lowest BCUT2D eigenvalue weighted by molar-refractivity contribution is -0.126. The summed E-state index contributed by atoms with van der Waals surface area (Å²) in [5.41, 5.74) is 0. The van der Waals surface area contributed by atoms with Crippen molar-refractivity contribution in [1.29, 1.82) is 0 Å². The Labute approximate surface area is 85.1 Å². The molecular weight excluding hydrogens is 180 g/mol. The normalized spacial score (nSPS) is 29.6. The molecule has 0 aromatic heterocycles. The lowest BCUT2D eigenvalue weighted by Gasteiger charge is -2.27. The number of nitrogens with one attached hydrogen (secondary N) is 2. The first-order valence-corrected chi connectivity index (χ1v) is 5.28. The fourth-order valence-corrected chi connectivity index (χ4v) is 1.76. The summed E-state index contributed by atoms with van der Waals surface area (Å²) in [5, 5.41) is 15.1. The van der Waals surface area contributed by atoms with Gasteiger partial charge in [0.1, 0.15) is 0 Å². The number of hydrogen-bond donors (Lipinski definition) is 3. The third kappa shape index (κ3) is 3.64. The van der Waals surface area contributed by atoms with Gasteiger partial charge in [0.05, 0.1) is 6.10 Å². The zero-order chi connectivity index (χ0) is 10.6. The second-order valence-corrected chi connectivity index (χ2v) is 4.17. The molecule has 3 N–H and O–H groups in total. The van der Waals surface area contributed by atoms with Crippen LogP contribution in [0.1, 0.15) is 26.7 Å². The van der Waals surface area contributed by atoms with Crippen molar-refractivity contribution in [3.8, 4) is 0 Å². The smallest absolute Gasteiger partial charge is 0.223 e. The van der Waals surface area contributed by atoms with Crippen LogP contribution in [-0.2, 0) is 4.79 Å². The highest BCUT2D eigenvalue weighted by Crippen LogP contribution is 2.15. The Morgan fingerprint density at radius 3 is 3.00 bits per heavy atom. The Morgan fingerprint density at radius 2 is 2.43 bits per heavy atom. The van der Waals surface area contributed by atoms with Crippen LogP contribution in [0.5, 0.6) is 0 Å². The predicted molar refractivity (Wildman–Crippen MR) is 54.9 cm³/mol. The van der Waals surface area contributed by atoms with Crippen LogP contribution in [-0.4, -0.2) is 36.2 Å². The summed E-state index contributed by atoms with van der Waals surface area (Å²) >= 11 is 0. The van der Waals surface area contributed by atoms with E-state index in [1.165, 1.54) is 0 Å². The molecule has 1 fully saturated rings. The van der Waals surface area contributed by atoms with E-state index in [1.54, 1.807) is 6.92 Å². The van der Waals surface area contributed by atoms with Crippen LogP contribution in [0.25, 0.3) is 0 Å². The van der Waals surface area contributed by atoms with Gasteiger partial charge in [0.25, 0.3) is 0 Å². The van der Waals surface area contributed by atoms with Crippen molar-refractivity contribution in [1.82, 2.24) is 10.6 Å². The van der Waals surface area contributed by atoms with Crippen molar-refractivity contribution < 1.29 is 9.90 Å². The second-order valence-electron chi connectivity index (χ2n) is 4.17. The fourth-order valence-electron chi connectivity index (χ4n) is 1.76. The summed E-state index contributed by atoms with van der Waals surface area (Å²) in [6.45, 7) is 5.03. The first-order valence-electron chi connectivity index (χ1n) is 5.28. The Morgan fingerprint density at radius 1 is 1.71 bits per heavy atom. The molecule has 1 saturated heterocycles. The maximum absolute atomic E-state index is 11.6. The van der Waals surface area contributed by atoms with Gasteiger partial charge in [-0.3, -0.25) is 4.79 Å². The minimum absolute atomic E-state index is 0.0826. The monoisotopic (exact) mass is 200 g/mol. The Bertz CT molecular complexity index is 195. The molecule has 0 bridgehead atoms. The fraction of sp³-hybridized carbons (Fsp3) is 0.900. The highest BCUT2D eigenvalue weighted by Gasteiger charge is 2.24. The van der Waals surface area contributed by atoms with Crippen molar-refractivity contribution in [2.75, 3.05) is 13.1 Å². The highest BCUT2D eigenvalue weighted by molar-refractivity contribution is 5.78. The first-order chi connectivity index (χ1) is 6.59. The molecule has 3 unspecified atom stereocenters. The molecule has 0 saturated carbocycles. The molecule has 0 radical (unpaired) electrons. The number of carbonyl (C=O) groups is 1. The van der Waals surface area contributed by atoms with Gasteiger partial charge in [-0.15, -0.1) is 0 Å². The standard InChI is InChI=1S/C10H20N2O2/c1-7-5-9(3-4-11-7)10(14)12-6-8(2)13/h7-9,11,13H,3-6H2,1-2H3,(H,12,14). The maximum atomic E-state index is 11.6. The van der Waals surface area contributed by atoms with Gasteiger partial charge in [-0.25, -0.2) is 0 Å². The second kappa shape index (κ2) is 5.32. The van der Waals surface area contributed by atoms with E-state index in [2.05, 4.69) is 17.6 Å². The lowest BCUT2D eigenvalue weighted by atomic mass is 9.92. The van der Waals surface area contributed by atoms with Crippen LogP contribution in [0, 0.1) is 5.92 Å². The van der Waals surface area contributed by atoms with Gasteiger partial charge in [-0.05, 0) is 33.2 Å². The molecule has 4 nitrogen and oxygen atoms in total. The Balaban J connectivity index is 2.29. The van der Waals surface area contributed by atoms with E-state index in [0.717, 1.165) is 19.4 Å². The maximum Gasteiger partial charge on any atom is 0.223 e. The number of aliphatic hydroxyl groups excluding tert-OH is 1. The minimum atomic E-state index is -0.460. The number of amides is 1. The summed E-state index contributed by atoms with van der Waals surface area (Å²) in [5.74, 6) is 0.198. The molecule has 0 spiro atoms. The van der Waals surface area contributed by atoms with Crippen molar-refractivity contribution in [3.05, 3.63) is 0 Å². The molecule has 1 heterocycles. The third-order valence-corrected chi connectivity index (χ3v) is 2.57. The molecule has 0 aromatic rings. The van der Waals surface area contributed by atoms with Crippen LogP contribution < -0.4 is 10.6 Å². The summed E-state index contributed by atoms with van der Waals surface area (Å²) in [7, 11) is 0. The molecule has 1 rings (SSSR count). The highest BCUT2D eigenvalue weighted by atomic mass is 16.3. The van der Waals surface area contributed by atoms with E-state index in [4.69, 9.17) is 5.11 Å². The van der Waals surface area contributed by atoms with Crippen LogP contribution in [0.15, 0.2) is 0 Å². The summed E-state index contributed by atoms with van der Waals surface area (Å²) in [6.07, 6.45) is 1.33. The number of piperidine rings is 1. The molecule has 4 heteroatoms. The molecule has 0 aromatic carbocycles. The zero-order valence-electron chi connectivity index (χ0n) is 8.92. The number of aliphatic hydroxyl groups is 1. The summed E-state index contributed by atoms with van der Waals surface area (Å²) < 4.78 is 0. The van der Waals surface area contributed by atoms with Crippen molar-refractivity contribution in [2.45, 2.75) is 38.8 Å². The van der Waals surface area contributed by atoms with Gasteiger partial charge < -0.3 is 15.7 Å². The quantitative estimate of drug-likeness (QED) is 0.595.